The smallest absolute Gasteiger partial charge is 0.314 e. The van der Waals surface area contributed by atoms with Crippen LogP contribution >= 0.6 is 11.8 Å². The summed E-state index contributed by atoms with van der Waals surface area (Å²) in [7, 11) is -1.08. The van der Waals surface area contributed by atoms with Crippen LogP contribution in [0, 0.1) is 17.8 Å². The Balaban J connectivity index is 1.73. The van der Waals surface area contributed by atoms with Crippen molar-refractivity contribution >= 4 is 105 Å². The van der Waals surface area contributed by atoms with E-state index in [2.05, 4.69) is 52.8 Å². The van der Waals surface area contributed by atoms with Crippen LogP contribution in [0.4, 0.5) is 4.79 Å². The Morgan fingerprint density at radius 3 is 2.16 bits per heavy atom. The number of ether oxygens (including phenoxy) is 1. The predicted octanol–water partition coefficient (Wildman–Crippen LogP) is -3.53. The van der Waals surface area contributed by atoms with Crippen LogP contribution in [0.25, 0.3) is 10.9 Å². The Morgan fingerprint density at radius 2 is 1.54 bits per heavy atom. The molecule has 3 heterocycles. The lowest BCUT2D eigenvalue weighted by molar-refractivity contribution is -0.144. The van der Waals surface area contributed by atoms with Crippen LogP contribution in [0.15, 0.2) is 17.2 Å². The van der Waals surface area contributed by atoms with Crippen molar-refractivity contribution in [2.75, 3.05) is 57.9 Å². The highest BCUT2D eigenvalue weighted by atomic mass is 32.2. The average molecular weight is 1290 g/mol. The lowest BCUT2D eigenvalue weighted by Crippen LogP contribution is -2.61. The molecular formula is C56H87N13O18S2. The lowest BCUT2D eigenvalue weighted by Gasteiger charge is -2.32. The summed E-state index contributed by atoms with van der Waals surface area (Å²) >= 11 is 1.35. The van der Waals surface area contributed by atoms with Crippen LogP contribution in [0.2, 0.25) is 0 Å². The first-order chi connectivity index (χ1) is 42.1. The first-order valence-electron chi connectivity index (χ1n) is 29.5. The number of amides is 12. The molecule has 4 rings (SSSR count). The fourth-order valence-electron chi connectivity index (χ4n) is 9.87. The van der Waals surface area contributed by atoms with E-state index < -0.39 is 187 Å². The zero-order chi connectivity index (χ0) is 66.2. The van der Waals surface area contributed by atoms with Crippen LogP contribution in [0.5, 0.6) is 5.75 Å². The zero-order valence-corrected chi connectivity index (χ0v) is 52.5. The standard InChI is InChI=1S/C56H87N13O18S2/c1-7-28(3)45(66-42(74)8-2)51(80)62-23-44(76)63-37-27-89(86)53-33(32-13-14-40(87-6)34(47(32)68-53)26-88-18-17-61-56(85)60-16-12-10-9-11-15-59-43(75)19-29(4)55(83)84)21-35(48(58)77)64-52(81)46(30(5)39(72)25-70)67-50(79)38-20-31(71)24-69(38)54(82)36(22-41(57)73)65-49(37)78/h13-14,28-31,35-39,45-46,68,70-72H,7-12,15-27H2,1-6H3,(H2,57,73)(H2,58,77)(H,59,75)(H,62,80)(H,63,76)(H,64,81)(H,65,78)(H,66,74)(H,67,79)(H,83,84)(H2,60,61,85)/t28-,29?,30-,31+,35-,36-,37-,38-,39-,45-,46-,89?/m0/s1. The number of H-pyrrole nitrogens is 1. The van der Waals surface area contributed by atoms with E-state index in [4.69, 9.17) is 21.3 Å². The number of carbonyl (C=O) groups excluding carboxylic acids is 11. The predicted molar refractivity (Wildman–Crippen MR) is 324 cm³/mol. The third-order valence-corrected chi connectivity index (χ3v) is 17.8. The molecule has 1 saturated heterocycles. The topological polar surface area (TPSA) is 491 Å². The number of aliphatic hydroxyl groups is 3. The average Bonchev–Trinajstić information content (AvgIpc) is 1.79. The molecule has 0 bridgehead atoms. The van der Waals surface area contributed by atoms with Gasteiger partial charge in [0, 0.05) is 80.2 Å². The Labute approximate surface area is 521 Å². The lowest BCUT2D eigenvalue weighted by atomic mass is 9.93. The second-order valence-corrected chi connectivity index (χ2v) is 24.6. The third kappa shape index (κ3) is 22.1. The first kappa shape index (κ1) is 73.8. The van der Waals surface area contributed by atoms with Crippen molar-refractivity contribution in [3.8, 4) is 5.75 Å². The highest BCUT2D eigenvalue weighted by Gasteiger charge is 2.45. The number of carbonyl (C=O) groups is 12. The van der Waals surface area contributed by atoms with Gasteiger partial charge in [0.1, 0.15) is 47.0 Å². The summed E-state index contributed by atoms with van der Waals surface area (Å²) in [6, 6.07) is -7.23. The van der Waals surface area contributed by atoms with Crippen LogP contribution in [-0.4, -0.2) is 212 Å². The Hall–Kier alpha value is -7.62. The summed E-state index contributed by atoms with van der Waals surface area (Å²) in [5.74, 6) is -12.9. The molecule has 33 heteroatoms. The van der Waals surface area contributed by atoms with Gasteiger partial charge in [0.25, 0.3) is 0 Å². The second-order valence-electron chi connectivity index (χ2n) is 22.1. The SMILES string of the molecule is CCC(=O)N[C@H](C(=O)NCC(=O)N[C@H]1CS(=O)c2[nH]c3c(CSCCNC(=O)NCCCCCCNC(=O)CC(C)C(=O)O)c(OC)ccc3c2C[C@@H](C(N)=O)NC(=O)[C@H]([C@@H](C)[C@@H](O)CO)NC(=O)[C@@H]2C[C@@H](O)CN2C(=O)[C@H](CC(N)=O)NC1=O)[C@@H](C)CC. The number of aliphatic carboxylic acids is 1. The van der Waals surface area contributed by atoms with Gasteiger partial charge in [-0.25, -0.2) is 4.79 Å². The van der Waals surface area contributed by atoms with Gasteiger partial charge in [-0.05, 0) is 36.5 Å². The van der Waals surface area contributed by atoms with Gasteiger partial charge in [-0.1, -0.05) is 53.9 Å². The third-order valence-electron chi connectivity index (χ3n) is 15.3. The van der Waals surface area contributed by atoms with Gasteiger partial charge >= 0.3 is 12.0 Å². The number of carboxylic acids is 1. The first-order valence-corrected chi connectivity index (χ1v) is 31.9. The summed E-state index contributed by atoms with van der Waals surface area (Å²) < 4.78 is 21.0. The molecule has 0 aliphatic carbocycles. The quantitative estimate of drug-likeness (QED) is 0.0337. The number of nitrogens with one attached hydrogen (secondary N) is 10. The number of aromatic nitrogens is 1. The summed E-state index contributed by atoms with van der Waals surface area (Å²) in [6.07, 6.45) is -1.66. The van der Waals surface area contributed by atoms with E-state index in [1.807, 2.05) is 0 Å². The molecule has 0 saturated carbocycles. The molecule has 2 aliphatic heterocycles. The number of fused-ring (bicyclic) bond motifs is 4. The summed E-state index contributed by atoms with van der Waals surface area (Å²) in [4.78, 5) is 163. The number of unbranched alkanes of at least 4 members (excludes halogenated alkanes) is 3. The maximum absolute atomic E-state index is 15.2. The summed E-state index contributed by atoms with van der Waals surface area (Å²) in [6.45, 7) is 6.58. The van der Waals surface area contributed by atoms with Crippen LogP contribution in [0.3, 0.4) is 0 Å². The number of thioether (sulfide) groups is 1. The Morgan fingerprint density at radius 1 is 0.865 bits per heavy atom. The minimum Gasteiger partial charge on any atom is -0.496 e. The zero-order valence-electron chi connectivity index (χ0n) is 50.9. The molecule has 12 atom stereocenters. The number of hydrogen-bond donors (Lipinski definition) is 16. The van der Waals surface area contributed by atoms with Crippen LogP contribution < -0.4 is 64.1 Å². The number of carboxylic acid groups (broad SMARTS) is 1. The van der Waals surface area contributed by atoms with Gasteiger partial charge < -0.3 is 94.4 Å². The second kappa shape index (κ2) is 36.1. The molecule has 2 aliphatic rings. The van der Waals surface area contributed by atoms with E-state index in [0.29, 0.717) is 54.8 Å². The van der Waals surface area contributed by atoms with E-state index in [1.165, 1.54) is 32.7 Å². The highest BCUT2D eigenvalue weighted by molar-refractivity contribution is 7.98. The fourth-order valence-corrected chi connectivity index (χ4v) is 12.1. The number of nitrogens with zero attached hydrogens (tertiary/aromatic N) is 1. The van der Waals surface area contributed by atoms with E-state index in [-0.39, 0.29) is 47.2 Å². The number of urea groups is 1. The number of aliphatic hydroxyl groups excluding tert-OH is 3. The molecule has 18 N–H and O–H groups in total. The van der Waals surface area contributed by atoms with E-state index in [0.717, 1.165) is 17.7 Å². The summed E-state index contributed by atoms with van der Waals surface area (Å²) in [5, 5.41) is 63.9. The van der Waals surface area contributed by atoms with Crippen molar-refractivity contribution in [3.05, 3.63) is 23.3 Å². The highest BCUT2D eigenvalue weighted by Crippen LogP contribution is 2.36. The van der Waals surface area contributed by atoms with Gasteiger partial charge in [0.2, 0.25) is 59.1 Å². The van der Waals surface area contributed by atoms with Gasteiger partial charge in [-0.3, -0.25) is 56.9 Å². The van der Waals surface area contributed by atoms with Crippen molar-refractivity contribution in [1.29, 1.82) is 0 Å². The molecule has 1 aromatic heterocycles. The number of nitrogens with two attached hydrogens (primary N) is 2. The van der Waals surface area contributed by atoms with E-state index in [1.54, 1.807) is 32.9 Å². The largest absolute Gasteiger partial charge is 0.496 e. The van der Waals surface area contributed by atoms with Crippen molar-refractivity contribution in [3.63, 3.8) is 0 Å². The number of aromatic amines is 1. The van der Waals surface area contributed by atoms with Crippen LogP contribution in [-0.2, 0) is 75.7 Å². The number of rotatable bonds is 30. The van der Waals surface area contributed by atoms with Gasteiger partial charge in [-0.15, -0.1) is 0 Å². The van der Waals surface area contributed by atoms with E-state index >= 15 is 4.21 Å². The van der Waals surface area contributed by atoms with Gasteiger partial charge in [-0.2, -0.15) is 11.8 Å². The Kier molecular flexibility index (Phi) is 30.0. The number of benzene rings is 1. The molecule has 89 heavy (non-hydrogen) atoms. The monoisotopic (exact) mass is 1290 g/mol. The van der Waals surface area contributed by atoms with E-state index in [9.17, 15) is 72.9 Å². The van der Waals surface area contributed by atoms with Crippen molar-refractivity contribution in [1.82, 2.24) is 57.7 Å². The molecule has 496 valence electrons. The molecule has 0 radical (unpaired) electrons. The molecular weight excluding hydrogens is 1210 g/mol. The molecule has 2 unspecified atom stereocenters. The minimum atomic E-state index is -2.48. The van der Waals surface area contributed by atoms with Crippen molar-refractivity contribution in [2.45, 2.75) is 158 Å². The number of primary amides is 2. The maximum atomic E-state index is 15.2. The molecule has 2 aromatic rings. The normalized spacial score (nSPS) is 21.7. The Bertz CT molecular complexity index is 2900. The minimum absolute atomic E-state index is 0.0532. The molecule has 1 aromatic carbocycles. The van der Waals surface area contributed by atoms with Crippen molar-refractivity contribution in [2.24, 2.45) is 29.2 Å². The number of methoxy groups -OCH3 is 1. The molecule has 1 fully saturated rings. The van der Waals surface area contributed by atoms with Gasteiger partial charge in [0.15, 0.2) is 0 Å². The van der Waals surface area contributed by atoms with Crippen molar-refractivity contribution < 1.29 is 86.9 Å². The maximum Gasteiger partial charge on any atom is 0.314 e. The molecule has 0 spiro atoms. The van der Waals surface area contributed by atoms with Gasteiger partial charge in [0.05, 0.1) is 66.9 Å². The molecule has 12 amide bonds. The molecule has 31 nitrogen and oxygen atoms in total. The number of hydrogen-bond acceptors (Lipinski definition) is 18. The summed E-state index contributed by atoms with van der Waals surface area (Å²) in [5.41, 5.74) is 12.4. The van der Waals surface area contributed by atoms with Crippen LogP contribution in [0.1, 0.15) is 104 Å². The fraction of sp³-hybridized carbons (Fsp3) is 0.643.